The van der Waals surface area contributed by atoms with E-state index in [2.05, 4.69) is 13.5 Å². The molecule has 0 fully saturated rings. The van der Waals surface area contributed by atoms with Crippen LogP contribution in [-0.4, -0.2) is 6.61 Å². The van der Waals surface area contributed by atoms with Crippen molar-refractivity contribution in [2.45, 2.75) is 38.6 Å². The summed E-state index contributed by atoms with van der Waals surface area (Å²) in [7, 11) is -15.1. The highest BCUT2D eigenvalue weighted by Crippen LogP contribution is 2.79. The molecule has 0 amide bonds. The molecule has 6 rings (SSSR count). The van der Waals surface area contributed by atoms with E-state index in [0.29, 0.717) is 54.1 Å². The molecule has 0 saturated heterocycles. The van der Waals surface area contributed by atoms with Crippen molar-refractivity contribution in [1.82, 2.24) is 0 Å². The molecule has 1 aliphatic rings. The van der Waals surface area contributed by atoms with Crippen LogP contribution in [0.25, 0.3) is 0 Å². The third-order valence-electron chi connectivity index (χ3n) is 7.73. The van der Waals surface area contributed by atoms with Crippen molar-refractivity contribution < 1.29 is 79.8 Å². The molecular formula is C37H28F12N3O6P3. The molecule has 0 bridgehead atoms. The van der Waals surface area contributed by atoms with Crippen molar-refractivity contribution in [3.8, 4) is 28.7 Å². The van der Waals surface area contributed by atoms with Gasteiger partial charge in [0.05, 0.1) is 28.9 Å². The Balaban J connectivity index is 1.74. The lowest BCUT2D eigenvalue weighted by Crippen LogP contribution is -2.12. The van der Waals surface area contributed by atoms with Gasteiger partial charge in [-0.2, -0.15) is 52.7 Å². The summed E-state index contributed by atoms with van der Waals surface area (Å²) in [4.78, 5) is 0. The van der Waals surface area contributed by atoms with Gasteiger partial charge in [-0.3, -0.25) is 4.52 Å². The summed E-state index contributed by atoms with van der Waals surface area (Å²) in [6, 6.07) is 18.0. The molecule has 2 atom stereocenters. The second-order valence-electron chi connectivity index (χ2n) is 12.5. The number of alkyl halides is 12. The maximum Gasteiger partial charge on any atom is 0.460 e. The van der Waals surface area contributed by atoms with Gasteiger partial charge in [0, 0.05) is 0 Å². The molecule has 0 aromatic heterocycles. The zero-order valence-corrected chi connectivity index (χ0v) is 33.6. The molecule has 0 saturated carbocycles. The molecule has 0 radical (unpaired) electrons. The van der Waals surface area contributed by atoms with Crippen LogP contribution in [0.4, 0.5) is 52.7 Å². The van der Waals surface area contributed by atoms with Crippen molar-refractivity contribution >= 4 is 23.0 Å². The van der Waals surface area contributed by atoms with Crippen LogP contribution in [-0.2, 0) is 29.2 Å². The lowest BCUT2D eigenvalue weighted by molar-refractivity contribution is -0.138. The smallest absolute Gasteiger partial charge is 0.422 e. The Morgan fingerprint density at radius 3 is 0.951 bits per heavy atom. The van der Waals surface area contributed by atoms with Gasteiger partial charge >= 0.3 is 47.7 Å². The third kappa shape index (κ3) is 11.4. The minimum absolute atomic E-state index is 0.167. The van der Waals surface area contributed by atoms with Crippen LogP contribution >= 0.6 is 23.0 Å². The zero-order chi connectivity index (χ0) is 44.5. The molecule has 1 aliphatic heterocycles. The summed E-state index contributed by atoms with van der Waals surface area (Å²) in [5.41, 5.74) is -4.59. The Morgan fingerprint density at radius 1 is 0.393 bits per heavy atom. The first-order valence-corrected chi connectivity index (χ1v) is 21.8. The van der Waals surface area contributed by atoms with Crippen molar-refractivity contribution in [3.63, 3.8) is 0 Å². The van der Waals surface area contributed by atoms with E-state index in [1.807, 2.05) is 0 Å². The summed E-state index contributed by atoms with van der Waals surface area (Å²) >= 11 is 0. The molecular weight excluding hydrogens is 903 g/mol. The van der Waals surface area contributed by atoms with Crippen LogP contribution in [0.5, 0.6) is 28.7 Å². The predicted octanol–water partition coefficient (Wildman–Crippen LogP) is 15.7. The maximum absolute atomic E-state index is 14.0. The molecule has 0 spiro atoms. The predicted molar refractivity (Wildman–Crippen MR) is 200 cm³/mol. The van der Waals surface area contributed by atoms with E-state index in [1.54, 1.807) is 13.0 Å². The number of hydrogen-bond donors (Lipinski definition) is 0. The highest BCUT2D eigenvalue weighted by molar-refractivity contribution is 7.79. The second-order valence-corrected chi connectivity index (χ2v) is 18.8. The highest BCUT2D eigenvalue weighted by Gasteiger charge is 2.49. The van der Waals surface area contributed by atoms with E-state index in [1.165, 1.54) is 25.1 Å². The van der Waals surface area contributed by atoms with E-state index in [0.717, 1.165) is 48.5 Å². The number of halogens is 12. The summed E-state index contributed by atoms with van der Waals surface area (Å²) in [5, 5.41) is 0. The fourth-order valence-corrected chi connectivity index (χ4v) is 14.3. The normalized spacial score (nSPS) is 19.1. The van der Waals surface area contributed by atoms with Crippen LogP contribution in [0, 0.1) is 6.92 Å². The number of benzene rings is 5. The largest absolute Gasteiger partial charge is 0.460 e. The first kappa shape index (κ1) is 45.4. The van der Waals surface area contributed by atoms with E-state index >= 15 is 0 Å². The van der Waals surface area contributed by atoms with Gasteiger partial charge in [-0.05, 0) is 104 Å². The third-order valence-corrected chi connectivity index (χ3v) is 16.0. The van der Waals surface area contributed by atoms with Crippen molar-refractivity contribution in [2.75, 3.05) is 6.61 Å². The Hall–Kier alpha value is -5.09. The SMILES string of the molecule is CCOP1(Oc2cccc(C(F)(F)F)c2)=NP(Oc2cccc(C)c2)(Oc2cccc(C(F)(F)F)c2)=NP(Oc2cccc(C(F)(F)F)c2)(Oc2cccc(C(F)(F)F)c2)=N1. The van der Waals surface area contributed by atoms with Crippen molar-refractivity contribution in [1.29, 1.82) is 0 Å². The van der Waals surface area contributed by atoms with Gasteiger partial charge in [-0.1, -0.05) is 40.9 Å². The van der Waals surface area contributed by atoms with Gasteiger partial charge in [0.15, 0.2) is 0 Å². The molecule has 1 heterocycles. The molecule has 0 aliphatic carbocycles. The van der Waals surface area contributed by atoms with Crippen molar-refractivity contribution in [2.24, 2.45) is 13.5 Å². The lowest BCUT2D eigenvalue weighted by Gasteiger charge is -2.33. The maximum atomic E-state index is 14.0. The van der Waals surface area contributed by atoms with Gasteiger partial charge in [0.1, 0.15) is 28.7 Å². The molecule has 9 nitrogen and oxygen atoms in total. The molecule has 24 heteroatoms. The Labute approximate surface area is 339 Å². The standard InChI is InChI=1S/C37H28F12N3O6P3/c1-3-53-59(54-30-15-5-10-25(20-30)34(38,39)40)50-60(55-29-14-4-9-24(2)19-29,56-31-16-6-11-26(21-31)35(41,42)43)52-61(51-59,57-32-17-7-12-27(22-32)36(44,45)46)58-33-18-8-13-28(23-33)37(47,48)49/h4-23H,3H2,1-2H3. The van der Waals surface area contributed by atoms with Gasteiger partial charge in [-0.25, -0.2) is 0 Å². The first-order chi connectivity index (χ1) is 28.4. The minimum atomic E-state index is -5.19. The van der Waals surface area contributed by atoms with Gasteiger partial charge in [-0.15, -0.1) is 9.03 Å². The fourth-order valence-electron chi connectivity index (χ4n) is 5.22. The molecule has 0 N–H and O–H groups in total. The molecule has 5 aromatic carbocycles. The molecule has 326 valence electrons. The number of rotatable bonds is 12. The number of hydrogen-bond acceptors (Lipinski definition) is 9. The number of aryl methyl sites for hydroxylation is 1. The van der Waals surface area contributed by atoms with Crippen LogP contribution in [0.2, 0.25) is 0 Å². The fraction of sp³-hybridized carbons (Fsp3) is 0.189. The zero-order valence-electron chi connectivity index (χ0n) is 30.9. The summed E-state index contributed by atoms with van der Waals surface area (Å²) < 4.78 is 218. The second kappa shape index (κ2) is 17.0. The Bertz CT molecular complexity index is 2520. The van der Waals surface area contributed by atoms with Gasteiger partial charge in [0.25, 0.3) is 0 Å². The van der Waals surface area contributed by atoms with E-state index in [4.69, 9.17) is 27.1 Å². The number of nitrogens with zero attached hydrogens (tertiary/aromatic N) is 3. The average molecular weight is 932 g/mol. The van der Waals surface area contributed by atoms with E-state index in [9.17, 15) is 52.7 Å². The Kier molecular flexibility index (Phi) is 12.7. The Morgan fingerprint density at radius 2 is 0.656 bits per heavy atom. The van der Waals surface area contributed by atoms with Crippen LogP contribution < -0.4 is 22.6 Å². The summed E-state index contributed by atoms with van der Waals surface area (Å²) in [5.74, 6) is -2.93. The molecule has 2 unspecified atom stereocenters. The van der Waals surface area contributed by atoms with E-state index in [-0.39, 0.29) is 5.75 Å². The van der Waals surface area contributed by atoms with E-state index < -0.39 is 99.5 Å². The summed E-state index contributed by atoms with van der Waals surface area (Å²) in [6.45, 7) is 2.47. The molecule has 61 heavy (non-hydrogen) atoms. The van der Waals surface area contributed by atoms with Crippen LogP contribution in [0.3, 0.4) is 0 Å². The van der Waals surface area contributed by atoms with Crippen LogP contribution in [0.1, 0.15) is 34.7 Å². The minimum Gasteiger partial charge on any atom is -0.422 e. The topological polar surface area (TPSA) is 92.5 Å². The lowest BCUT2D eigenvalue weighted by atomic mass is 10.2. The van der Waals surface area contributed by atoms with Crippen LogP contribution in [0.15, 0.2) is 135 Å². The molecule has 5 aromatic rings. The quantitative estimate of drug-likeness (QED) is 0.0914. The monoisotopic (exact) mass is 931 g/mol. The average Bonchev–Trinajstić information content (AvgIpc) is 3.13. The summed E-state index contributed by atoms with van der Waals surface area (Å²) in [6.07, 6.45) is -19.9. The highest BCUT2D eigenvalue weighted by atomic mass is 31.3. The van der Waals surface area contributed by atoms with Gasteiger partial charge in [0.2, 0.25) is 0 Å². The first-order valence-electron chi connectivity index (χ1n) is 17.2. The van der Waals surface area contributed by atoms with Gasteiger partial charge < -0.3 is 22.6 Å². The van der Waals surface area contributed by atoms with Crippen molar-refractivity contribution in [3.05, 3.63) is 149 Å².